The number of carbonyl (C=O) groups is 2. The first kappa shape index (κ1) is 16.6. The highest BCUT2D eigenvalue weighted by Gasteiger charge is 2.16. The molecule has 9 heteroatoms. The van der Waals surface area contributed by atoms with Crippen LogP contribution in [0.25, 0.3) is 0 Å². The van der Waals surface area contributed by atoms with Gasteiger partial charge in [-0.1, -0.05) is 15.9 Å². The third kappa shape index (κ3) is 5.68. The maximum absolute atomic E-state index is 11.7. The van der Waals surface area contributed by atoms with Crippen LogP contribution >= 0.6 is 15.9 Å². The maximum Gasteiger partial charge on any atom is 0.341 e. The Labute approximate surface area is 123 Å². The topological polar surface area (TPSA) is 110 Å². The summed E-state index contributed by atoms with van der Waals surface area (Å²) in [5, 5.41) is 0. The average Bonchev–Trinajstić information content (AvgIpc) is 2.26. The number of halogens is 1. The molecule has 0 atom stereocenters. The van der Waals surface area contributed by atoms with Crippen LogP contribution in [0, 0.1) is 0 Å². The SMILES string of the molecule is CC(=O)Oc1cc(Br)ccc1C(=O)OCCS(=O)(=O)[O-]. The highest BCUT2D eigenvalue weighted by atomic mass is 79.9. The van der Waals surface area contributed by atoms with Crippen molar-refractivity contribution in [1.82, 2.24) is 0 Å². The monoisotopic (exact) mass is 365 g/mol. The summed E-state index contributed by atoms with van der Waals surface area (Å²) in [4.78, 5) is 22.7. The van der Waals surface area contributed by atoms with Gasteiger partial charge in [-0.05, 0) is 18.2 Å². The molecule has 0 heterocycles. The van der Waals surface area contributed by atoms with Crippen LogP contribution in [0.2, 0.25) is 0 Å². The molecule has 0 unspecified atom stereocenters. The van der Waals surface area contributed by atoms with E-state index in [1.54, 1.807) is 0 Å². The van der Waals surface area contributed by atoms with Gasteiger partial charge in [0.25, 0.3) is 0 Å². The Kier molecular flexibility index (Phi) is 5.66. The maximum atomic E-state index is 11.7. The summed E-state index contributed by atoms with van der Waals surface area (Å²) in [6.07, 6.45) is 0. The molecule has 110 valence electrons. The van der Waals surface area contributed by atoms with Crippen molar-refractivity contribution in [2.45, 2.75) is 6.92 Å². The molecule has 0 aliphatic carbocycles. The summed E-state index contributed by atoms with van der Waals surface area (Å²) >= 11 is 3.15. The van der Waals surface area contributed by atoms with Gasteiger partial charge in [0, 0.05) is 11.4 Å². The second kappa shape index (κ2) is 6.82. The molecule has 7 nitrogen and oxygen atoms in total. The smallest absolute Gasteiger partial charge is 0.341 e. The van der Waals surface area contributed by atoms with E-state index in [1.807, 2.05) is 0 Å². The Morgan fingerprint density at radius 1 is 1.35 bits per heavy atom. The van der Waals surface area contributed by atoms with E-state index in [0.29, 0.717) is 4.47 Å². The fraction of sp³-hybridized carbons (Fsp3) is 0.273. The van der Waals surface area contributed by atoms with E-state index >= 15 is 0 Å². The van der Waals surface area contributed by atoms with E-state index in [2.05, 4.69) is 20.7 Å². The molecule has 0 bridgehead atoms. The van der Waals surface area contributed by atoms with Crippen molar-refractivity contribution in [3.05, 3.63) is 28.2 Å². The lowest BCUT2D eigenvalue weighted by Gasteiger charge is -2.10. The van der Waals surface area contributed by atoms with Gasteiger partial charge < -0.3 is 14.0 Å². The van der Waals surface area contributed by atoms with Crippen LogP contribution in [0.3, 0.4) is 0 Å². The molecule has 0 aliphatic rings. The summed E-state index contributed by atoms with van der Waals surface area (Å²) < 4.78 is 41.2. The number of rotatable bonds is 5. The van der Waals surface area contributed by atoms with Crippen molar-refractivity contribution < 1.29 is 32.0 Å². The normalized spacial score (nSPS) is 10.9. The Hall–Kier alpha value is -1.45. The predicted molar refractivity (Wildman–Crippen MR) is 70.3 cm³/mol. The molecule has 0 saturated heterocycles. The second-order valence-corrected chi connectivity index (χ2v) is 6.07. The van der Waals surface area contributed by atoms with Gasteiger partial charge in [-0.15, -0.1) is 0 Å². The average molecular weight is 366 g/mol. The quantitative estimate of drug-likeness (QED) is 0.436. The molecule has 0 radical (unpaired) electrons. The molecule has 20 heavy (non-hydrogen) atoms. The van der Waals surface area contributed by atoms with Crippen molar-refractivity contribution in [2.75, 3.05) is 12.4 Å². The minimum absolute atomic E-state index is 0.0261. The van der Waals surface area contributed by atoms with Crippen molar-refractivity contribution >= 4 is 38.0 Å². The lowest BCUT2D eigenvalue weighted by Crippen LogP contribution is -2.16. The molecule has 1 aromatic carbocycles. The first-order valence-corrected chi connectivity index (χ1v) is 7.65. The van der Waals surface area contributed by atoms with Crippen LogP contribution in [-0.2, 0) is 19.6 Å². The zero-order valence-electron chi connectivity index (χ0n) is 10.3. The van der Waals surface area contributed by atoms with Gasteiger partial charge in [0.15, 0.2) is 0 Å². The minimum Gasteiger partial charge on any atom is -0.748 e. The van der Waals surface area contributed by atoms with Gasteiger partial charge in [0.1, 0.15) is 17.9 Å². The van der Waals surface area contributed by atoms with Gasteiger partial charge in [-0.2, -0.15) is 0 Å². The van der Waals surface area contributed by atoms with Crippen molar-refractivity contribution in [3.63, 3.8) is 0 Å². The molecule has 0 amide bonds. The predicted octanol–water partition coefficient (Wildman–Crippen LogP) is 1.08. The molecular weight excluding hydrogens is 356 g/mol. The molecule has 0 fully saturated rings. The molecule has 0 spiro atoms. The molecule has 0 aliphatic heterocycles. The summed E-state index contributed by atoms with van der Waals surface area (Å²) in [5.74, 6) is -2.36. The van der Waals surface area contributed by atoms with Crippen LogP contribution < -0.4 is 4.74 Å². The third-order valence-electron chi connectivity index (χ3n) is 1.98. The van der Waals surface area contributed by atoms with Gasteiger partial charge in [0.2, 0.25) is 0 Å². The van der Waals surface area contributed by atoms with E-state index in [1.165, 1.54) is 25.1 Å². The minimum atomic E-state index is -4.46. The zero-order valence-corrected chi connectivity index (χ0v) is 12.7. The zero-order chi connectivity index (χ0) is 15.3. The Bertz CT molecular complexity index is 624. The van der Waals surface area contributed by atoms with Crippen molar-refractivity contribution in [1.29, 1.82) is 0 Å². The second-order valence-electron chi connectivity index (χ2n) is 3.63. The van der Waals surface area contributed by atoms with E-state index in [9.17, 15) is 22.6 Å². The van der Waals surface area contributed by atoms with Gasteiger partial charge in [-0.25, -0.2) is 13.2 Å². The van der Waals surface area contributed by atoms with E-state index < -0.39 is 34.4 Å². The van der Waals surface area contributed by atoms with Gasteiger partial charge >= 0.3 is 11.9 Å². The molecule has 1 rings (SSSR count). The Morgan fingerprint density at radius 2 is 2.00 bits per heavy atom. The van der Waals surface area contributed by atoms with E-state index in [-0.39, 0.29) is 11.3 Å². The molecule has 1 aromatic rings. The van der Waals surface area contributed by atoms with Crippen LogP contribution in [0.4, 0.5) is 0 Å². The highest BCUT2D eigenvalue weighted by molar-refractivity contribution is 9.10. The first-order valence-electron chi connectivity index (χ1n) is 5.27. The third-order valence-corrected chi connectivity index (χ3v) is 3.14. The Balaban J connectivity index is 2.84. The summed E-state index contributed by atoms with van der Waals surface area (Å²) in [6, 6.07) is 4.26. The van der Waals surface area contributed by atoms with Crippen LogP contribution in [0.15, 0.2) is 22.7 Å². The molecular formula is C11H10BrO7S-. The fourth-order valence-electron chi connectivity index (χ4n) is 1.22. The number of carbonyl (C=O) groups excluding carboxylic acids is 2. The number of ether oxygens (including phenoxy) is 2. The summed E-state index contributed by atoms with van der Waals surface area (Å²) in [7, 11) is -4.46. The van der Waals surface area contributed by atoms with Crippen molar-refractivity contribution in [2.24, 2.45) is 0 Å². The summed E-state index contributed by atoms with van der Waals surface area (Å²) in [5.41, 5.74) is -0.0494. The number of benzene rings is 1. The standard InChI is InChI=1S/C11H11BrO7S/c1-7(13)19-10-6-8(12)2-3-9(10)11(14)18-4-5-20(15,16)17/h2-3,6H,4-5H2,1H3,(H,15,16,17)/p-1. The van der Waals surface area contributed by atoms with Gasteiger partial charge in [-0.3, -0.25) is 4.79 Å². The van der Waals surface area contributed by atoms with Crippen LogP contribution in [0.5, 0.6) is 5.75 Å². The lowest BCUT2D eigenvalue weighted by atomic mass is 10.2. The van der Waals surface area contributed by atoms with Crippen molar-refractivity contribution in [3.8, 4) is 5.75 Å². The number of esters is 2. The van der Waals surface area contributed by atoms with E-state index in [0.717, 1.165) is 0 Å². The lowest BCUT2D eigenvalue weighted by molar-refractivity contribution is -0.131. The van der Waals surface area contributed by atoms with Gasteiger partial charge in [0.05, 0.1) is 15.9 Å². The Morgan fingerprint density at radius 3 is 2.55 bits per heavy atom. The molecule has 0 saturated carbocycles. The fourth-order valence-corrected chi connectivity index (χ4v) is 1.85. The molecule has 0 N–H and O–H groups in total. The van der Waals surface area contributed by atoms with Crippen LogP contribution in [0.1, 0.15) is 17.3 Å². The highest BCUT2D eigenvalue weighted by Crippen LogP contribution is 2.24. The molecule has 0 aromatic heterocycles. The van der Waals surface area contributed by atoms with Crippen LogP contribution in [-0.4, -0.2) is 37.3 Å². The van der Waals surface area contributed by atoms with E-state index in [4.69, 9.17) is 4.74 Å². The number of hydrogen-bond acceptors (Lipinski definition) is 7. The number of hydrogen-bond donors (Lipinski definition) is 0. The largest absolute Gasteiger partial charge is 0.748 e. The first-order chi connectivity index (χ1) is 9.19. The summed E-state index contributed by atoms with van der Waals surface area (Å²) in [6.45, 7) is 0.597.